The zero-order valence-electron chi connectivity index (χ0n) is 21.2. The maximum atomic E-state index is 13.4. The van der Waals surface area contributed by atoms with E-state index in [1.54, 1.807) is 37.4 Å². The van der Waals surface area contributed by atoms with Crippen LogP contribution >= 0.6 is 0 Å². The third kappa shape index (κ3) is 4.47. The average molecular weight is 486 g/mol. The minimum Gasteiger partial charge on any atom is -0.507 e. The number of carbonyl (C=O) groups is 2. The molecule has 0 aromatic heterocycles. The van der Waals surface area contributed by atoms with Gasteiger partial charge in [-0.25, -0.2) is 0 Å². The third-order valence-corrected chi connectivity index (χ3v) is 6.64. The quantitative estimate of drug-likeness (QED) is 0.252. The van der Waals surface area contributed by atoms with Gasteiger partial charge in [-0.3, -0.25) is 14.5 Å². The first-order valence-corrected chi connectivity index (χ1v) is 12.0. The minimum atomic E-state index is -0.847. The lowest BCUT2D eigenvalue weighted by molar-refractivity contribution is -0.132. The highest BCUT2D eigenvalue weighted by Gasteiger charge is 2.47. The Morgan fingerprint density at radius 3 is 2.11 bits per heavy atom. The molecular formula is C30H31NO5. The number of benzene rings is 3. The Hall–Kier alpha value is -4.06. The van der Waals surface area contributed by atoms with Crippen LogP contribution in [0, 0.1) is 0 Å². The van der Waals surface area contributed by atoms with Crippen molar-refractivity contribution in [2.45, 2.75) is 39.2 Å². The minimum absolute atomic E-state index is 0.0319. The SMILES string of the molecule is CCc1ccc(/C(O)=C2/C(=O)C(=O)N(c3ccc(C(C)C)cc3)C2c2ccc(OC)c(OC)c2)cc1. The third-order valence-electron chi connectivity index (χ3n) is 6.64. The van der Waals surface area contributed by atoms with E-state index in [1.807, 2.05) is 43.3 Å². The van der Waals surface area contributed by atoms with Crippen LogP contribution in [0.15, 0.2) is 72.3 Å². The van der Waals surface area contributed by atoms with Gasteiger partial charge >= 0.3 is 0 Å². The second kappa shape index (κ2) is 10.3. The lowest BCUT2D eigenvalue weighted by Gasteiger charge is -2.26. The van der Waals surface area contributed by atoms with E-state index in [-0.39, 0.29) is 11.3 Å². The van der Waals surface area contributed by atoms with Crippen molar-refractivity contribution in [1.29, 1.82) is 0 Å². The van der Waals surface area contributed by atoms with Crippen molar-refractivity contribution in [3.63, 3.8) is 0 Å². The van der Waals surface area contributed by atoms with Crippen LogP contribution in [0.3, 0.4) is 0 Å². The highest BCUT2D eigenvalue weighted by molar-refractivity contribution is 6.51. The molecule has 3 aromatic carbocycles. The van der Waals surface area contributed by atoms with E-state index >= 15 is 0 Å². The van der Waals surface area contributed by atoms with Gasteiger partial charge in [-0.2, -0.15) is 0 Å². The summed E-state index contributed by atoms with van der Waals surface area (Å²) in [6, 6.07) is 19.3. The summed E-state index contributed by atoms with van der Waals surface area (Å²) in [5.41, 5.74) is 3.92. The molecule has 0 aliphatic carbocycles. The van der Waals surface area contributed by atoms with Crippen LogP contribution in [-0.4, -0.2) is 31.0 Å². The standard InChI is InChI=1S/C30H31NO5/c1-6-19-7-9-21(10-8-19)28(32)26-27(22-13-16-24(35-4)25(17-22)36-5)31(30(34)29(26)33)23-14-11-20(12-15-23)18(2)3/h7-18,27,32H,6H2,1-5H3/b28-26-. The fourth-order valence-corrected chi connectivity index (χ4v) is 4.51. The zero-order valence-corrected chi connectivity index (χ0v) is 21.2. The van der Waals surface area contributed by atoms with E-state index < -0.39 is 17.7 Å². The molecule has 0 bridgehead atoms. The highest BCUT2D eigenvalue weighted by atomic mass is 16.5. The number of Topliss-reactive ketones (excluding diaryl/α,β-unsaturated/α-hetero) is 1. The van der Waals surface area contributed by atoms with Crippen molar-refractivity contribution < 1.29 is 24.2 Å². The number of ether oxygens (including phenoxy) is 2. The number of aryl methyl sites for hydroxylation is 1. The molecule has 0 saturated carbocycles. The summed E-state index contributed by atoms with van der Waals surface area (Å²) in [6.45, 7) is 6.23. The molecule has 0 spiro atoms. The van der Waals surface area contributed by atoms with Gasteiger partial charge in [-0.1, -0.05) is 63.2 Å². The van der Waals surface area contributed by atoms with Crippen molar-refractivity contribution in [2.24, 2.45) is 0 Å². The van der Waals surface area contributed by atoms with Crippen LogP contribution < -0.4 is 14.4 Å². The number of hydrogen-bond donors (Lipinski definition) is 1. The molecule has 6 heteroatoms. The van der Waals surface area contributed by atoms with E-state index in [4.69, 9.17) is 9.47 Å². The second-order valence-corrected chi connectivity index (χ2v) is 9.08. The van der Waals surface area contributed by atoms with Gasteiger partial charge in [0, 0.05) is 11.3 Å². The predicted molar refractivity (Wildman–Crippen MR) is 141 cm³/mol. The van der Waals surface area contributed by atoms with Crippen LogP contribution in [0.5, 0.6) is 11.5 Å². The first-order valence-electron chi connectivity index (χ1n) is 12.0. The van der Waals surface area contributed by atoms with Crippen molar-refractivity contribution in [2.75, 3.05) is 19.1 Å². The maximum absolute atomic E-state index is 13.4. The van der Waals surface area contributed by atoms with Gasteiger partial charge in [0.15, 0.2) is 11.5 Å². The van der Waals surface area contributed by atoms with Crippen LogP contribution in [0.2, 0.25) is 0 Å². The smallest absolute Gasteiger partial charge is 0.300 e. The number of amides is 1. The molecular weight excluding hydrogens is 454 g/mol. The molecule has 1 atom stereocenters. The van der Waals surface area contributed by atoms with Crippen LogP contribution in [0.4, 0.5) is 5.69 Å². The summed E-state index contributed by atoms with van der Waals surface area (Å²) in [5.74, 6) is -0.337. The Morgan fingerprint density at radius 1 is 0.917 bits per heavy atom. The van der Waals surface area contributed by atoms with Gasteiger partial charge in [0.05, 0.1) is 25.8 Å². The van der Waals surface area contributed by atoms with E-state index in [9.17, 15) is 14.7 Å². The molecule has 3 aromatic rings. The van der Waals surface area contributed by atoms with Crippen molar-refractivity contribution in [3.05, 3.63) is 94.6 Å². The van der Waals surface area contributed by atoms with E-state index in [0.29, 0.717) is 34.2 Å². The number of ketones is 1. The summed E-state index contributed by atoms with van der Waals surface area (Å²) in [5, 5.41) is 11.3. The average Bonchev–Trinajstić information content (AvgIpc) is 3.17. The van der Waals surface area contributed by atoms with Crippen molar-refractivity contribution in [3.8, 4) is 11.5 Å². The fraction of sp³-hybridized carbons (Fsp3) is 0.267. The Kier molecular flexibility index (Phi) is 7.15. The molecule has 1 fully saturated rings. The second-order valence-electron chi connectivity index (χ2n) is 9.08. The highest BCUT2D eigenvalue weighted by Crippen LogP contribution is 2.44. The largest absolute Gasteiger partial charge is 0.507 e. The number of nitrogens with zero attached hydrogens (tertiary/aromatic N) is 1. The monoisotopic (exact) mass is 485 g/mol. The number of aliphatic hydroxyl groups is 1. The van der Waals surface area contributed by atoms with Gasteiger partial charge in [-0.05, 0) is 53.3 Å². The fourth-order valence-electron chi connectivity index (χ4n) is 4.51. The summed E-state index contributed by atoms with van der Waals surface area (Å²) >= 11 is 0. The topological polar surface area (TPSA) is 76.1 Å². The number of hydrogen-bond acceptors (Lipinski definition) is 5. The molecule has 1 N–H and O–H groups in total. The van der Waals surface area contributed by atoms with Crippen LogP contribution in [0.1, 0.15) is 55.0 Å². The normalized spacial score (nSPS) is 17.1. The summed E-state index contributed by atoms with van der Waals surface area (Å²) in [6.07, 6.45) is 0.851. The maximum Gasteiger partial charge on any atom is 0.300 e. The molecule has 1 aliphatic heterocycles. The predicted octanol–water partition coefficient (Wildman–Crippen LogP) is 6.02. The lowest BCUT2D eigenvalue weighted by atomic mass is 9.94. The molecule has 1 saturated heterocycles. The van der Waals surface area contributed by atoms with Gasteiger partial charge in [0.1, 0.15) is 5.76 Å². The number of aliphatic hydroxyl groups excluding tert-OH is 1. The first kappa shape index (κ1) is 25.0. The summed E-state index contributed by atoms with van der Waals surface area (Å²) < 4.78 is 10.9. The zero-order chi connectivity index (χ0) is 26.0. The summed E-state index contributed by atoms with van der Waals surface area (Å²) in [7, 11) is 3.07. The number of rotatable bonds is 7. The Labute approximate surface area is 211 Å². The Morgan fingerprint density at radius 2 is 1.56 bits per heavy atom. The van der Waals surface area contributed by atoms with Crippen LogP contribution in [0.25, 0.3) is 5.76 Å². The van der Waals surface area contributed by atoms with E-state index in [0.717, 1.165) is 17.5 Å². The Balaban J connectivity index is 1.92. The van der Waals surface area contributed by atoms with E-state index in [2.05, 4.69) is 13.8 Å². The number of anilines is 1. The lowest BCUT2D eigenvalue weighted by Crippen LogP contribution is -2.29. The van der Waals surface area contributed by atoms with Gasteiger partial charge in [0.2, 0.25) is 0 Å². The molecule has 1 aliphatic rings. The van der Waals surface area contributed by atoms with Crippen molar-refractivity contribution >= 4 is 23.1 Å². The molecule has 0 radical (unpaired) electrons. The summed E-state index contributed by atoms with van der Waals surface area (Å²) in [4.78, 5) is 28.3. The van der Waals surface area contributed by atoms with Gasteiger partial charge in [-0.15, -0.1) is 0 Å². The molecule has 1 heterocycles. The van der Waals surface area contributed by atoms with Crippen molar-refractivity contribution in [1.82, 2.24) is 0 Å². The molecule has 6 nitrogen and oxygen atoms in total. The van der Waals surface area contributed by atoms with Gasteiger partial charge in [0.25, 0.3) is 11.7 Å². The van der Waals surface area contributed by atoms with Crippen LogP contribution in [-0.2, 0) is 16.0 Å². The molecule has 4 rings (SSSR count). The molecule has 1 unspecified atom stereocenters. The van der Waals surface area contributed by atoms with E-state index in [1.165, 1.54) is 12.0 Å². The number of methoxy groups -OCH3 is 2. The molecule has 186 valence electrons. The Bertz CT molecular complexity index is 1310. The first-order chi connectivity index (χ1) is 17.3. The molecule has 36 heavy (non-hydrogen) atoms. The number of carbonyl (C=O) groups excluding carboxylic acids is 2. The van der Waals surface area contributed by atoms with Gasteiger partial charge < -0.3 is 14.6 Å². The molecule has 1 amide bonds.